The van der Waals surface area contributed by atoms with Crippen LogP contribution in [-0.4, -0.2) is 73.3 Å². The predicted octanol–water partition coefficient (Wildman–Crippen LogP) is 1.42. The zero-order valence-corrected chi connectivity index (χ0v) is 14.7. The molecular formula is C20H26N2O3. The molecular weight excluding hydrogens is 316 g/mol. The molecule has 5 rings (SSSR count). The maximum absolute atomic E-state index is 13.1. The van der Waals surface area contributed by atoms with E-state index in [1.165, 1.54) is 5.56 Å². The molecule has 4 aliphatic rings. The second-order valence-electron chi connectivity index (χ2n) is 8.11. The molecule has 3 saturated heterocycles. The first-order chi connectivity index (χ1) is 12.2. The van der Waals surface area contributed by atoms with Crippen LogP contribution < -0.4 is 0 Å². The molecule has 134 valence electrons. The lowest BCUT2D eigenvalue weighted by atomic mass is 9.85. The number of hydrogen-bond acceptors (Lipinski definition) is 4. The summed E-state index contributed by atoms with van der Waals surface area (Å²) < 4.78 is 11.6. The molecule has 0 radical (unpaired) electrons. The van der Waals surface area contributed by atoms with Crippen molar-refractivity contribution in [2.45, 2.75) is 36.3 Å². The summed E-state index contributed by atoms with van der Waals surface area (Å²) in [5, 5.41) is 0. The van der Waals surface area contributed by atoms with Crippen LogP contribution in [0.5, 0.6) is 0 Å². The lowest BCUT2D eigenvalue weighted by Crippen LogP contribution is -2.65. The average Bonchev–Trinajstić information content (AvgIpc) is 3.33. The van der Waals surface area contributed by atoms with Gasteiger partial charge in [-0.15, -0.1) is 0 Å². The van der Waals surface area contributed by atoms with E-state index < -0.39 is 0 Å². The number of carbonyl (C=O) groups excluding carboxylic acids is 1. The normalized spacial score (nSPS) is 30.2. The molecule has 1 aromatic carbocycles. The molecule has 1 amide bonds. The minimum atomic E-state index is -0.245. The number of carbonyl (C=O) groups is 1. The maximum atomic E-state index is 13.1. The van der Waals surface area contributed by atoms with Crippen molar-refractivity contribution in [3.63, 3.8) is 0 Å². The number of ether oxygens (including phenoxy) is 2. The molecule has 5 heteroatoms. The van der Waals surface area contributed by atoms with Crippen LogP contribution in [0, 0.1) is 0 Å². The first kappa shape index (κ1) is 15.8. The van der Waals surface area contributed by atoms with Crippen molar-refractivity contribution in [3.8, 4) is 0 Å². The molecule has 0 N–H and O–H groups in total. The Balaban J connectivity index is 1.21. The number of benzene rings is 1. The summed E-state index contributed by atoms with van der Waals surface area (Å²) in [5.41, 5.74) is 0.843. The summed E-state index contributed by atoms with van der Waals surface area (Å²) in [6, 6.07) is 10.8. The van der Waals surface area contributed by atoms with Gasteiger partial charge in [0.1, 0.15) is 5.60 Å². The van der Waals surface area contributed by atoms with Crippen molar-refractivity contribution < 1.29 is 14.3 Å². The highest BCUT2D eigenvalue weighted by Crippen LogP contribution is 2.51. The van der Waals surface area contributed by atoms with E-state index >= 15 is 0 Å². The Bertz CT molecular complexity index is 646. The summed E-state index contributed by atoms with van der Waals surface area (Å²) in [5.74, 6) is 0.308. The minimum absolute atomic E-state index is 0.0919. The van der Waals surface area contributed by atoms with Gasteiger partial charge in [-0.05, 0) is 24.8 Å². The van der Waals surface area contributed by atoms with Gasteiger partial charge in [-0.3, -0.25) is 9.69 Å². The molecule has 4 fully saturated rings. The lowest BCUT2D eigenvalue weighted by Gasteiger charge is -2.48. The molecule has 0 aromatic heterocycles. The van der Waals surface area contributed by atoms with Gasteiger partial charge in [0.25, 0.3) is 0 Å². The highest BCUT2D eigenvalue weighted by atomic mass is 16.5. The molecule has 1 spiro atoms. The van der Waals surface area contributed by atoms with Gasteiger partial charge in [0.2, 0.25) is 5.91 Å². The Hall–Kier alpha value is -1.43. The minimum Gasteiger partial charge on any atom is -0.379 e. The van der Waals surface area contributed by atoms with Gasteiger partial charge in [0.15, 0.2) is 0 Å². The van der Waals surface area contributed by atoms with Gasteiger partial charge in [-0.1, -0.05) is 30.3 Å². The smallest absolute Gasteiger partial charge is 0.233 e. The van der Waals surface area contributed by atoms with Crippen molar-refractivity contribution in [1.82, 2.24) is 9.80 Å². The highest BCUT2D eigenvalue weighted by Gasteiger charge is 2.59. The first-order valence-corrected chi connectivity index (χ1v) is 9.52. The van der Waals surface area contributed by atoms with Gasteiger partial charge >= 0.3 is 0 Å². The summed E-state index contributed by atoms with van der Waals surface area (Å²) in [6.07, 6.45) is 3.02. The number of amides is 1. The van der Waals surface area contributed by atoms with Gasteiger partial charge in [-0.2, -0.15) is 0 Å². The standard InChI is InChI=1S/C20H26N2O3/c23-18(20(6-7-20)16-4-2-1-3-5-16)22-14-19(15-22)12-17(13-25-19)21-8-10-24-11-9-21/h1-5,17H,6-15H2. The van der Waals surface area contributed by atoms with E-state index in [1.54, 1.807) is 0 Å². The summed E-state index contributed by atoms with van der Waals surface area (Å²) in [4.78, 5) is 17.6. The van der Waals surface area contributed by atoms with Crippen LogP contribution in [0.3, 0.4) is 0 Å². The van der Waals surface area contributed by atoms with Crippen LogP contribution >= 0.6 is 0 Å². The second-order valence-corrected chi connectivity index (χ2v) is 8.11. The Kier molecular flexibility index (Phi) is 3.66. The molecule has 1 unspecified atom stereocenters. The number of likely N-dealkylation sites (tertiary alicyclic amines) is 1. The largest absolute Gasteiger partial charge is 0.379 e. The average molecular weight is 342 g/mol. The molecule has 3 heterocycles. The van der Waals surface area contributed by atoms with Gasteiger partial charge in [-0.25, -0.2) is 0 Å². The third-order valence-electron chi connectivity index (χ3n) is 6.48. The van der Waals surface area contributed by atoms with Gasteiger partial charge in [0, 0.05) is 19.1 Å². The van der Waals surface area contributed by atoms with Gasteiger partial charge < -0.3 is 14.4 Å². The Labute approximate surface area is 148 Å². The zero-order valence-electron chi connectivity index (χ0n) is 14.7. The SMILES string of the molecule is O=C(N1CC2(CC(N3CCOCC3)CO2)C1)C1(c2ccccc2)CC1. The highest BCUT2D eigenvalue weighted by molar-refractivity contribution is 5.92. The van der Waals surface area contributed by atoms with Crippen molar-refractivity contribution in [2.24, 2.45) is 0 Å². The van der Waals surface area contributed by atoms with E-state index in [9.17, 15) is 4.79 Å². The summed E-state index contributed by atoms with van der Waals surface area (Å²) in [7, 11) is 0. The van der Waals surface area contributed by atoms with E-state index in [1.807, 2.05) is 23.1 Å². The third kappa shape index (κ3) is 2.60. The zero-order chi connectivity index (χ0) is 16.9. The van der Waals surface area contributed by atoms with Gasteiger partial charge in [0.05, 0.1) is 38.3 Å². The van der Waals surface area contributed by atoms with E-state index in [4.69, 9.17) is 9.47 Å². The van der Waals surface area contributed by atoms with E-state index in [0.717, 1.165) is 65.3 Å². The van der Waals surface area contributed by atoms with E-state index in [2.05, 4.69) is 17.0 Å². The molecule has 25 heavy (non-hydrogen) atoms. The monoisotopic (exact) mass is 342 g/mol. The Morgan fingerprint density at radius 2 is 1.80 bits per heavy atom. The second kappa shape index (κ2) is 5.79. The fraction of sp³-hybridized carbons (Fsp3) is 0.650. The first-order valence-electron chi connectivity index (χ1n) is 9.52. The molecule has 1 saturated carbocycles. The van der Waals surface area contributed by atoms with Crippen molar-refractivity contribution in [1.29, 1.82) is 0 Å². The number of nitrogens with zero attached hydrogens (tertiary/aromatic N) is 2. The van der Waals surface area contributed by atoms with E-state index in [-0.39, 0.29) is 11.0 Å². The number of morpholine rings is 1. The third-order valence-corrected chi connectivity index (χ3v) is 6.48. The number of hydrogen-bond donors (Lipinski definition) is 0. The van der Waals surface area contributed by atoms with Crippen LogP contribution in [0.15, 0.2) is 30.3 Å². The van der Waals surface area contributed by atoms with Crippen LogP contribution in [0.2, 0.25) is 0 Å². The molecule has 1 aliphatic carbocycles. The van der Waals surface area contributed by atoms with Crippen LogP contribution in [0.4, 0.5) is 0 Å². The fourth-order valence-electron chi connectivity index (χ4n) is 4.82. The molecule has 1 atom stereocenters. The molecule has 1 aromatic rings. The molecule has 0 bridgehead atoms. The van der Waals surface area contributed by atoms with Crippen LogP contribution in [-0.2, 0) is 19.7 Å². The van der Waals surface area contributed by atoms with E-state index in [0.29, 0.717) is 11.9 Å². The summed E-state index contributed by atoms with van der Waals surface area (Å²) in [6.45, 7) is 5.99. The molecule has 5 nitrogen and oxygen atoms in total. The number of rotatable bonds is 3. The van der Waals surface area contributed by atoms with Crippen molar-refractivity contribution in [2.75, 3.05) is 46.0 Å². The fourth-order valence-corrected chi connectivity index (χ4v) is 4.82. The van der Waals surface area contributed by atoms with Crippen LogP contribution in [0.1, 0.15) is 24.8 Å². The summed E-state index contributed by atoms with van der Waals surface area (Å²) >= 11 is 0. The quantitative estimate of drug-likeness (QED) is 0.833. The van der Waals surface area contributed by atoms with Crippen LogP contribution in [0.25, 0.3) is 0 Å². The molecule has 3 aliphatic heterocycles. The predicted molar refractivity (Wildman–Crippen MR) is 93.4 cm³/mol. The van der Waals surface area contributed by atoms with Crippen molar-refractivity contribution >= 4 is 5.91 Å². The Morgan fingerprint density at radius 3 is 2.48 bits per heavy atom. The Morgan fingerprint density at radius 1 is 1.08 bits per heavy atom. The lowest BCUT2D eigenvalue weighted by molar-refractivity contribution is -0.160. The van der Waals surface area contributed by atoms with Crippen molar-refractivity contribution in [3.05, 3.63) is 35.9 Å². The topological polar surface area (TPSA) is 42.0 Å². The maximum Gasteiger partial charge on any atom is 0.233 e.